The Hall–Kier alpha value is -1.56. The van der Waals surface area contributed by atoms with E-state index >= 15 is 0 Å². The molecular formula is C13H12ClNO3S. The van der Waals surface area contributed by atoms with Gasteiger partial charge in [-0.2, -0.15) is 0 Å². The Morgan fingerprint density at radius 2 is 1.68 bits per heavy atom. The van der Waals surface area contributed by atoms with E-state index in [9.17, 15) is 8.42 Å². The van der Waals surface area contributed by atoms with Crippen molar-refractivity contribution in [2.75, 3.05) is 0 Å². The zero-order valence-electron chi connectivity index (χ0n) is 9.91. The molecule has 19 heavy (non-hydrogen) atoms. The van der Waals surface area contributed by atoms with Gasteiger partial charge in [-0.15, -0.1) is 0 Å². The predicted octanol–water partition coefficient (Wildman–Crippen LogP) is 2.57. The van der Waals surface area contributed by atoms with Crippen molar-refractivity contribution in [3.05, 3.63) is 59.1 Å². The summed E-state index contributed by atoms with van der Waals surface area (Å²) in [4.78, 5) is 0.0533. The molecule has 0 aliphatic carbocycles. The Morgan fingerprint density at radius 1 is 1.05 bits per heavy atom. The standard InChI is InChI=1S/C13H12ClNO3S/c14-13-4-2-1-3-10(13)9-18-11-5-7-12(8-6-11)19(15,16)17/h1-8H,9H2,(H2,15,16,17). The van der Waals surface area contributed by atoms with Crippen LogP contribution in [-0.2, 0) is 16.6 Å². The average molecular weight is 298 g/mol. The third-order valence-corrected chi connectivity index (χ3v) is 3.80. The molecular weight excluding hydrogens is 286 g/mol. The van der Waals surface area contributed by atoms with Crippen molar-refractivity contribution in [1.82, 2.24) is 0 Å². The van der Waals surface area contributed by atoms with Crippen LogP contribution in [0, 0.1) is 0 Å². The monoisotopic (exact) mass is 297 g/mol. The average Bonchev–Trinajstić information content (AvgIpc) is 2.37. The van der Waals surface area contributed by atoms with Crippen LogP contribution in [0.5, 0.6) is 5.75 Å². The number of hydrogen-bond donors (Lipinski definition) is 1. The SMILES string of the molecule is NS(=O)(=O)c1ccc(OCc2ccccc2Cl)cc1. The minimum absolute atomic E-state index is 0.0533. The second kappa shape index (κ2) is 5.61. The molecule has 0 bridgehead atoms. The third kappa shape index (κ3) is 3.70. The smallest absolute Gasteiger partial charge is 0.238 e. The molecule has 0 heterocycles. The lowest BCUT2D eigenvalue weighted by atomic mass is 10.2. The van der Waals surface area contributed by atoms with Crippen LogP contribution in [0.3, 0.4) is 0 Å². The molecule has 0 atom stereocenters. The van der Waals surface area contributed by atoms with E-state index in [4.69, 9.17) is 21.5 Å². The first-order chi connectivity index (χ1) is 8.97. The van der Waals surface area contributed by atoms with E-state index in [0.29, 0.717) is 17.4 Å². The highest BCUT2D eigenvalue weighted by Crippen LogP contribution is 2.19. The number of primary sulfonamides is 1. The number of benzene rings is 2. The van der Waals surface area contributed by atoms with Crippen molar-refractivity contribution >= 4 is 21.6 Å². The van der Waals surface area contributed by atoms with E-state index in [-0.39, 0.29) is 4.90 Å². The summed E-state index contributed by atoms with van der Waals surface area (Å²) >= 11 is 6.00. The van der Waals surface area contributed by atoms with Crippen molar-refractivity contribution in [2.45, 2.75) is 11.5 Å². The molecule has 2 aromatic carbocycles. The molecule has 0 aliphatic rings. The fourth-order valence-corrected chi connectivity index (χ4v) is 2.21. The Morgan fingerprint density at radius 3 is 2.26 bits per heavy atom. The van der Waals surface area contributed by atoms with Crippen LogP contribution in [0.25, 0.3) is 0 Å². The van der Waals surface area contributed by atoms with Gasteiger partial charge in [0, 0.05) is 10.6 Å². The van der Waals surface area contributed by atoms with Gasteiger partial charge >= 0.3 is 0 Å². The van der Waals surface area contributed by atoms with Crippen molar-refractivity contribution in [3.63, 3.8) is 0 Å². The van der Waals surface area contributed by atoms with Crippen molar-refractivity contribution in [3.8, 4) is 5.75 Å². The number of hydrogen-bond acceptors (Lipinski definition) is 3. The number of nitrogens with two attached hydrogens (primary N) is 1. The summed E-state index contributed by atoms with van der Waals surface area (Å²) in [6.45, 7) is 0.314. The Kier molecular flexibility index (Phi) is 4.09. The molecule has 0 fully saturated rings. The van der Waals surface area contributed by atoms with Crippen LogP contribution in [0.2, 0.25) is 5.02 Å². The van der Waals surface area contributed by atoms with Gasteiger partial charge in [-0.05, 0) is 30.3 Å². The van der Waals surface area contributed by atoms with Crippen LogP contribution in [0.4, 0.5) is 0 Å². The number of rotatable bonds is 4. The maximum atomic E-state index is 11.1. The highest BCUT2D eigenvalue weighted by atomic mass is 35.5. The predicted molar refractivity (Wildman–Crippen MR) is 73.6 cm³/mol. The largest absolute Gasteiger partial charge is 0.489 e. The Balaban J connectivity index is 2.07. The van der Waals surface area contributed by atoms with Crippen molar-refractivity contribution < 1.29 is 13.2 Å². The lowest BCUT2D eigenvalue weighted by molar-refractivity contribution is 0.306. The molecule has 0 amide bonds. The van der Waals surface area contributed by atoms with Gasteiger partial charge in [-0.25, -0.2) is 13.6 Å². The van der Waals surface area contributed by atoms with Crippen LogP contribution < -0.4 is 9.88 Å². The van der Waals surface area contributed by atoms with Gasteiger partial charge in [0.1, 0.15) is 12.4 Å². The van der Waals surface area contributed by atoms with Gasteiger partial charge in [-0.3, -0.25) is 0 Å². The second-order valence-electron chi connectivity index (χ2n) is 3.90. The molecule has 0 aliphatic heterocycles. The summed E-state index contributed by atoms with van der Waals surface area (Å²) in [6, 6.07) is 13.3. The van der Waals surface area contributed by atoms with Crippen molar-refractivity contribution in [1.29, 1.82) is 0 Å². The van der Waals surface area contributed by atoms with E-state index in [0.717, 1.165) is 5.56 Å². The summed E-state index contributed by atoms with van der Waals surface area (Å²) in [5, 5.41) is 5.63. The molecule has 0 spiro atoms. The highest BCUT2D eigenvalue weighted by Gasteiger charge is 2.07. The Labute approximate surface area is 116 Å². The van der Waals surface area contributed by atoms with Crippen LogP contribution >= 0.6 is 11.6 Å². The normalized spacial score (nSPS) is 11.3. The number of ether oxygens (including phenoxy) is 1. The summed E-state index contributed by atoms with van der Waals surface area (Å²) < 4.78 is 27.7. The third-order valence-electron chi connectivity index (χ3n) is 2.50. The first kappa shape index (κ1) is 13.9. The van der Waals surface area contributed by atoms with Gasteiger partial charge in [-0.1, -0.05) is 29.8 Å². The van der Waals surface area contributed by atoms with Crippen molar-refractivity contribution in [2.24, 2.45) is 5.14 Å². The van der Waals surface area contributed by atoms with E-state index in [1.54, 1.807) is 18.2 Å². The van der Waals surface area contributed by atoms with Gasteiger partial charge in [0.15, 0.2) is 0 Å². The summed E-state index contributed by atoms with van der Waals surface area (Å²) in [5.74, 6) is 0.548. The minimum Gasteiger partial charge on any atom is -0.489 e. The van der Waals surface area contributed by atoms with Gasteiger partial charge < -0.3 is 4.74 Å². The topological polar surface area (TPSA) is 69.4 Å². The summed E-state index contributed by atoms with van der Waals surface area (Å²) in [5.41, 5.74) is 0.861. The van der Waals surface area contributed by atoms with E-state index in [2.05, 4.69) is 0 Å². The fourth-order valence-electron chi connectivity index (χ4n) is 1.50. The zero-order chi connectivity index (χ0) is 13.9. The second-order valence-corrected chi connectivity index (χ2v) is 5.87. The van der Waals surface area contributed by atoms with E-state index < -0.39 is 10.0 Å². The van der Waals surface area contributed by atoms with Gasteiger partial charge in [0.25, 0.3) is 0 Å². The molecule has 0 saturated carbocycles. The first-order valence-corrected chi connectivity index (χ1v) is 7.38. The molecule has 2 aromatic rings. The molecule has 100 valence electrons. The van der Waals surface area contributed by atoms with Crippen LogP contribution in [-0.4, -0.2) is 8.42 Å². The molecule has 2 N–H and O–H groups in total. The maximum absolute atomic E-state index is 11.1. The number of halogens is 1. The maximum Gasteiger partial charge on any atom is 0.238 e. The molecule has 2 rings (SSSR count). The molecule has 0 aromatic heterocycles. The summed E-state index contributed by atoms with van der Waals surface area (Å²) in [6.07, 6.45) is 0. The van der Waals surface area contributed by atoms with E-state index in [1.165, 1.54) is 12.1 Å². The van der Waals surface area contributed by atoms with E-state index in [1.807, 2.05) is 18.2 Å². The van der Waals surface area contributed by atoms with Gasteiger partial charge in [0.2, 0.25) is 10.0 Å². The summed E-state index contributed by atoms with van der Waals surface area (Å²) in [7, 11) is -3.67. The minimum atomic E-state index is -3.67. The molecule has 0 radical (unpaired) electrons. The molecule has 4 nitrogen and oxygen atoms in total. The number of sulfonamides is 1. The molecule has 0 unspecified atom stereocenters. The molecule has 0 saturated heterocycles. The fraction of sp³-hybridized carbons (Fsp3) is 0.0769. The molecule has 6 heteroatoms. The van der Waals surface area contributed by atoms with Crippen LogP contribution in [0.15, 0.2) is 53.4 Å². The highest BCUT2D eigenvalue weighted by molar-refractivity contribution is 7.89. The Bertz CT molecular complexity index is 669. The lowest BCUT2D eigenvalue weighted by Crippen LogP contribution is -2.11. The van der Waals surface area contributed by atoms with Gasteiger partial charge in [0.05, 0.1) is 4.90 Å². The van der Waals surface area contributed by atoms with Crippen LogP contribution in [0.1, 0.15) is 5.56 Å². The quantitative estimate of drug-likeness (QED) is 0.943. The lowest BCUT2D eigenvalue weighted by Gasteiger charge is -2.08. The first-order valence-electron chi connectivity index (χ1n) is 5.46. The zero-order valence-corrected chi connectivity index (χ0v) is 11.5.